The van der Waals surface area contributed by atoms with Gasteiger partial charge in [0.2, 0.25) is 29.5 Å². The van der Waals surface area contributed by atoms with Gasteiger partial charge < -0.3 is 254 Å². The summed E-state index contributed by atoms with van der Waals surface area (Å²) in [5.74, 6) is -4.61. The third-order valence-corrected chi connectivity index (χ3v) is 22.9. The van der Waals surface area contributed by atoms with E-state index in [1.807, 2.05) is 0 Å². The van der Waals surface area contributed by atoms with Gasteiger partial charge in [-0.25, -0.2) is 0 Å². The normalized spacial score (nSPS) is 48.4. The van der Waals surface area contributed by atoms with Gasteiger partial charge in [0.05, 0.1) is 66.1 Å². The van der Waals surface area contributed by atoms with Gasteiger partial charge in [-0.3, -0.25) is 24.0 Å². The van der Waals surface area contributed by atoms with Crippen LogP contribution in [0.5, 0.6) is 0 Å². The Morgan fingerprint density at radius 1 is 0.206 bits per heavy atom. The van der Waals surface area contributed by atoms with Crippen molar-refractivity contribution in [2.75, 3.05) is 66.1 Å². The third-order valence-electron chi connectivity index (χ3n) is 22.9. The lowest BCUT2D eigenvalue weighted by Gasteiger charge is -2.52. The molecule has 10 rings (SSSR count). The van der Waals surface area contributed by atoms with Crippen molar-refractivity contribution in [1.82, 2.24) is 26.6 Å². The number of aliphatic hydroxyl groups is 27. The highest BCUT2D eigenvalue weighted by Crippen LogP contribution is 2.41. The second-order valence-corrected chi connectivity index (χ2v) is 31.7. The molecule has 10 heterocycles. The number of ether oxygens (including phenoxy) is 19. The number of aliphatic hydroxyl groups excluding tert-OH is 27. The van der Waals surface area contributed by atoms with Gasteiger partial charge in [0.15, 0.2) is 62.9 Å². The maximum atomic E-state index is 13.4. The molecule has 728 valence electrons. The summed E-state index contributed by atoms with van der Waals surface area (Å²) < 4.78 is 114. The van der Waals surface area contributed by atoms with Crippen LogP contribution in [0.4, 0.5) is 0 Å². The largest absolute Gasteiger partial charge is 0.394 e. The molecule has 56 nitrogen and oxygen atoms in total. The summed E-state index contributed by atoms with van der Waals surface area (Å²) in [6.45, 7) is -6.58. The Bertz CT molecular complexity index is 3440. The quantitative estimate of drug-likeness (QED) is 0.0290. The van der Waals surface area contributed by atoms with Gasteiger partial charge in [0.25, 0.3) is 0 Å². The molecule has 0 aromatic carbocycles. The van der Waals surface area contributed by atoms with E-state index in [1.54, 1.807) is 0 Å². The molecular weight excluding hydrogens is 1730 g/mol. The second kappa shape index (κ2) is 45.5. The van der Waals surface area contributed by atoms with Crippen molar-refractivity contribution >= 4 is 29.5 Å². The second-order valence-electron chi connectivity index (χ2n) is 31.7. The zero-order valence-electron chi connectivity index (χ0n) is 67.8. The van der Waals surface area contributed by atoms with Crippen molar-refractivity contribution in [3.8, 4) is 0 Å². The van der Waals surface area contributed by atoms with E-state index in [2.05, 4.69) is 26.6 Å². The van der Waals surface area contributed by atoms with Crippen LogP contribution >= 0.6 is 0 Å². The molecule has 0 aromatic heterocycles. The molecule has 126 heavy (non-hydrogen) atoms. The number of amides is 5. The van der Waals surface area contributed by atoms with E-state index >= 15 is 0 Å². The van der Waals surface area contributed by atoms with Gasteiger partial charge in [0, 0.05) is 34.6 Å². The molecule has 10 fully saturated rings. The fourth-order valence-electron chi connectivity index (χ4n) is 16.3. The van der Waals surface area contributed by atoms with E-state index in [4.69, 9.17) is 90.0 Å². The molecular formula is C70H117N5O51. The maximum Gasteiger partial charge on any atom is 0.217 e. The highest BCUT2D eigenvalue weighted by atomic mass is 16.8. The summed E-state index contributed by atoms with van der Waals surface area (Å²) in [6.07, 6.45) is -96.7. The average molecular weight is 1840 g/mol. The van der Waals surface area contributed by atoms with Crippen molar-refractivity contribution in [3.63, 3.8) is 0 Å². The highest BCUT2D eigenvalue weighted by Gasteiger charge is 2.62. The Morgan fingerprint density at radius 2 is 0.437 bits per heavy atom. The average Bonchev–Trinajstić information content (AvgIpc) is 0.755. The first-order valence-electron chi connectivity index (χ1n) is 40.1. The summed E-state index contributed by atoms with van der Waals surface area (Å²) in [5.41, 5.74) is 0. The monoisotopic (exact) mass is 1840 g/mol. The summed E-state index contributed by atoms with van der Waals surface area (Å²) in [5, 5.41) is 315. The van der Waals surface area contributed by atoms with Crippen LogP contribution in [-0.4, -0.2) is 540 Å². The van der Waals surface area contributed by atoms with Crippen LogP contribution < -0.4 is 26.6 Å². The minimum atomic E-state index is -2.70. The molecule has 0 aliphatic carbocycles. The summed E-state index contributed by atoms with van der Waals surface area (Å²) in [4.78, 5) is 64.0. The van der Waals surface area contributed by atoms with Gasteiger partial charge in [-0.15, -0.1) is 0 Å². The van der Waals surface area contributed by atoms with Crippen LogP contribution in [0.1, 0.15) is 34.6 Å². The standard InChI is InChI=1S/C70H117N5O51/c1-16(84)71-31-44(97)54(25(10-80)110-61(31)107)120-64-34(74-19(4)87)46(99)56(27(12-82)115-64)123-69-53(106)59(41(94)30(119-69)15-109-67-52(105)58(124-68-50(103)48(101)39(92)24(9-79)114-68)40(93)29(118-67)14-108-66-49(102)47(100)38(91)23(8-78)113-66)125-70-60(51(104)57(28(13-83)117-70)122-63-33(73-18(3)86)43(96)37(90)22(7-77)112-63)126-65-35(75-20(5)88)45(98)55(26(11-81)116-65)121-62-32(72-17(2)85)42(95)36(89)21(6-76)111-62/h21-70,76-83,89-107H,6-15H2,1-5H3,(H,71,84)(H,72,85)(H,73,86)(H,74,87)(H,75,88)/t21-,22-,23-,24-,25-,26-,27-,28-,29-,30-,31-,32-,33-,34-,35-,36+,37-,38-,39-,40-,41-,42-,43-,44-,45-,46-,47+,48+,49+,50+,51+,52+,53+,54-,55-,56-,57-,58+,59+,60+,61+,62+,63+,64+,65+,66+,67+,68-,69+,70-/m1/s1. The molecule has 50 atom stereocenters. The molecule has 0 saturated carbocycles. The SMILES string of the molecule is CC(=O)N[C@@H]1[C@@H](O)[C@H](O[C@@H]2O[C@H](CO)[C@@H](O[C@@H]3O[C@H](CO[C@H]4O[C@H](CO[C@H]5O[C@H](CO)[C@@H](O)[C@H](O)[C@@H]5O)[C@@H](O)[C@H](O[C@H]5O[C@H](CO)[C@@H](O)[C@H](O)[C@@H]5O)[C@@H]4O)[C@@H](O)[C@H](O[C@H]4O[C@H](CO)[C@@H](O[C@@H]5O[C@H](CO)[C@@H](O)[C@H](O)[C@H]5NC(C)=O)[C@H](O)[C@@H]4O[C@@H]4O[C@H](CO)[C@@H](O[C@@H]5O[C@H](CO)[C@H](O)[C@H](O)[C@H]5NC(C)=O)[C@H](O)[C@H]4NC(C)=O)[C@@H]3O)[C@H](O)[C@H]2NC(C)=O)[C@@H](CO)O[C@@H]1O. The molecule has 5 amide bonds. The lowest BCUT2D eigenvalue weighted by atomic mass is 9.93. The Morgan fingerprint density at radius 3 is 0.810 bits per heavy atom. The molecule has 0 spiro atoms. The Balaban J connectivity index is 1.05. The Labute approximate surface area is 713 Å². The lowest BCUT2D eigenvalue weighted by molar-refractivity contribution is -0.404. The maximum absolute atomic E-state index is 13.4. The van der Waals surface area contributed by atoms with Crippen molar-refractivity contribution in [3.05, 3.63) is 0 Å². The molecule has 10 aliphatic heterocycles. The number of nitrogens with one attached hydrogen (secondary N) is 5. The van der Waals surface area contributed by atoms with E-state index in [0.29, 0.717) is 0 Å². The van der Waals surface area contributed by atoms with Gasteiger partial charge in [-0.1, -0.05) is 0 Å². The number of carbonyl (C=O) groups excluding carboxylic acids is 5. The molecule has 0 unspecified atom stereocenters. The molecule has 0 aromatic rings. The van der Waals surface area contributed by atoms with Crippen molar-refractivity contribution in [2.45, 2.75) is 341 Å². The van der Waals surface area contributed by atoms with Crippen molar-refractivity contribution in [1.29, 1.82) is 0 Å². The minimum absolute atomic E-state index is 0.815. The van der Waals surface area contributed by atoms with Crippen LogP contribution in [0.2, 0.25) is 0 Å². The highest BCUT2D eigenvalue weighted by molar-refractivity contribution is 5.75. The van der Waals surface area contributed by atoms with E-state index < -0.39 is 402 Å². The molecule has 0 radical (unpaired) electrons. The van der Waals surface area contributed by atoms with E-state index in [0.717, 1.165) is 34.6 Å². The molecule has 10 aliphatic rings. The predicted molar refractivity (Wildman–Crippen MR) is 388 cm³/mol. The number of rotatable bonds is 33. The lowest BCUT2D eigenvalue weighted by Crippen LogP contribution is -2.71. The summed E-state index contributed by atoms with van der Waals surface area (Å²) in [6, 6.07) is -9.38. The smallest absolute Gasteiger partial charge is 0.217 e. The minimum Gasteiger partial charge on any atom is -0.394 e. The van der Waals surface area contributed by atoms with Crippen LogP contribution in [0.25, 0.3) is 0 Å². The summed E-state index contributed by atoms with van der Waals surface area (Å²) >= 11 is 0. The molecule has 10 saturated heterocycles. The fraction of sp³-hybridized carbons (Fsp3) is 0.929. The van der Waals surface area contributed by atoms with Crippen molar-refractivity contribution in [2.24, 2.45) is 0 Å². The van der Waals surface area contributed by atoms with Gasteiger partial charge in [-0.05, 0) is 0 Å². The predicted octanol–water partition coefficient (Wildman–Crippen LogP) is -22.1. The topological polar surface area (TPSA) is 867 Å². The summed E-state index contributed by atoms with van der Waals surface area (Å²) in [7, 11) is 0. The van der Waals surface area contributed by atoms with Gasteiger partial charge in [-0.2, -0.15) is 0 Å². The van der Waals surface area contributed by atoms with E-state index in [-0.39, 0.29) is 0 Å². The number of carbonyl (C=O) groups is 5. The van der Waals surface area contributed by atoms with E-state index in [9.17, 15) is 162 Å². The first-order valence-corrected chi connectivity index (χ1v) is 40.1. The number of hydrogen-bond donors (Lipinski definition) is 32. The fourth-order valence-corrected chi connectivity index (χ4v) is 16.3. The van der Waals surface area contributed by atoms with Gasteiger partial charge >= 0.3 is 0 Å². The first kappa shape index (κ1) is 104. The van der Waals surface area contributed by atoms with E-state index in [1.165, 1.54) is 0 Å². The van der Waals surface area contributed by atoms with Crippen LogP contribution in [0, 0.1) is 0 Å². The molecule has 0 bridgehead atoms. The molecule has 32 N–H and O–H groups in total. The Hall–Kier alpha value is -4.49. The number of hydrogen-bond acceptors (Lipinski definition) is 51. The van der Waals surface area contributed by atoms with Gasteiger partial charge in [0.1, 0.15) is 244 Å². The van der Waals surface area contributed by atoms with Crippen LogP contribution in [0.15, 0.2) is 0 Å². The zero-order chi connectivity index (χ0) is 92.8. The zero-order valence-corrected chi connectivity index (χ0v) is 67.8. The first-order chi connectivity index (χ1) is 59.6. The molecule has 56 heteroatoms. The van der Waals surface area contributed by atoms with Crippen LogP contribution in [0.3, 0.4) is 0 Å². The van der Waals surface area contributed by atoms with Crippen LogP contribution in [-0.2, 0) is 114 Å². The third kappa shape index (κ3) is 23.1. The van der Waals surface area contributed by atoms with Crippen molar-refractivity contribution < 1.29 is 252 Å². The Kier molecular flexibility index (Phi) is 37.4.